The molecule has 2 aromatic heterocycles. The zero-order valence-corrected chi connectivity index (χ0v) is 16.0. The Kier molecular flexibility index (Phi) is 4.41. The lowest BCUT2D eigenvalue weighted by atomic mass is 9.89. The minimum atomic E-state index is 0.303. The van der Waals surface area contributed by atoms with E-state index >= 15 is 0 Å². The molecule has 4 rings (SSSR count). The second kappa shape index (κ2) is 6.54. The molecule has 0 amide bonds. The highest BCUT2D eigenvalue weighted by Crippen LogP contribution is 2.41. The lowest BCUT2D eigenvalue weighted by Crippen LogP contribution is -2.09. The fourth-order valence-corrected chi connectivity index (χ4v) is 5.31. The van der Waals surface area contributed by atoms with Crippen molar-refractivity contribution in [3.8, 4) is 0 Å². The van der Waals surface area contributed by atoms with Crippen LogP contribution >= 0.6 is 34.7 Å². The molecule has 0 radical (unpaired) electrons. The van der Waals surface area contributed by atoms with Crippen molar-refractivity contribution < 1.29 is 0 Å². The van der Waals surface area contributed by atoms with Crippen molar-refractivity contribution >= 4 is 56.4 Å². The average molecular weight is 376 g/mol. The molecule has 0 spiro atoms. The molecule has 0 saturated carbocycles. The fraction of sp³-hybridized carbons (Fsp3) is 0.333. The Morgan fingerprint density at radius 2 is 2.21 bits per heavy atom. The van der Waals surface area contributed by atoms with E-state index < -0.39 is 0 Å². The van der Waals surface area contributed by atoms with Crippen LogP contribution in [-0.4, -0.2) is 16.2 Å². The van der Waals surface area contributed by atoms with Crippen molar-refractivity contribution in [1.29, 1.82) is 0 Å². The van der Waals surface area contributed by atoms with Gasteiger partial charge in [0, 0.05) is 15.5 Å². The van der Waals surface area contributed by atoms with E-state index in [0.717, 1.165) is 40.5 Å². The highest BCUT2D eigenvalue weighted by Gasteiger charge is 2.23. The molecule has 1 atom stereocenters. The minimum Gasteiger partial charge on any atom is -0.340 e. The van der Waals surface area contributed by atoms with E-state index in [4.69, 9.17) is 11.6 Å². The van der Waals surface area contributed by atoms with E-state index in [1.54, 1.807) is 23.1 Å². The molecule has 0 bridgehead atoms. The normalized spacial score (nSPS) is 17.0. The molecular weight excluding hydrogens is 358 g/mol. The third-order valence-electron chi connectivity index (χ3n) is 4.46. The molecule has 3 nitrogen and oxygen atoms in total. The summed E-state index contributed by atoms with van der Waals surface area (Å²) in [5.41, 5.74) is 2.44. The van der Waals surface area contributed by atoms with Gasteiger partial charge in [-0.05, 0) is 66.8 Å². The monoisotopic (exact) mass is 375 g/mol. The SMILES string of the molecule is CSc1cccc(Nc2nc(Cl)nc3sc4c(c23)CCC(C)C4)c1. The van der Waals surface area contributed by atoms with Gasteiger partial charge in [-0.2, -0.15) is 4.98 Å². The number of halogens is 1. The van der Waals surface area contributed by atoms with Gasteiger partial charge in [-0.15, -0.1) is 23.1 Å². The van der Waals surface area contributed by atoms with Crippen LogP contribution in [0.2, 0.25) is 5.28 Å². The summed E-state index contributed by atoms with van der Waals surface area (Å²) in [6.45, 7) is 2.32. The summed E-state index contributed by atoms with van der Waals surface area (Å²) in [5.74, 6) is 1.57. The maximum atomic E-state index is 6.18. The van der Waals surface area contributed by atoms with E-state index in [-0.39, 0.29) is 0 Å². The first-order chi connectivity index (χ1) is 11.6. The fourth-order valence-electron chi connectivity index (χ4n) is 3.24. The number of thioether (sulfide) groups is 1. The molecule has 0 aliphatic heterocycles. The summed E-state index contributed by atoms with van der Waals surface area (Å²) in [7, 11) is 0. The topological polar surface area (TPSA) is 37.8 Å². The largest absolute Gasteiger partial charge is 0.340 e. The third-order valence-corrected chi connectivity index (χ3v) is 6.50. The third kappa shape index (κ3) is 3.01. The Bertz CT molecular complexity index is 907. The zero-order valence-electron chi connectivity index (χ0n) is 13.6. The van der Waals surface area contributed by atoms with Crippen LogP contribution in [0.15, 0.2) is 29.2 Å². The number of hydrogen-bond acceptors (Lipinski definition) is 5. The quantitative estimate of drug-likeness (QED) is 0.454. The standard InChI is InChI=1S/C18H18ClN3S2/c1-10-6-7-13-14(8-10)24-17-15(13)16(21-18(19)22-17)20-11-4-3-5-12(9-11)23-2/h3-5,9-10H,6-8H2,1-2H3,(H,20,21,22). The predicted molar refractivity (Wildman–Crippen MR) is 105 cm³/mol. The van der Waals surface area contributed by atoms with Gasteiger partial charge in [0.25, 0.3) is 0 Å². The summed E-state index contributed by atoms with van der Waals surface area (Å²) in [6.07, 6.45) is 5.54. The summed E-state index contributed by atoms with van der Waals surface area (Å²) in [5, 5.41) is 4.92. The first-order valence-electron chi connectivity index (χ1n) is 8.03. The molecule has 1 aliphatic carbocycles. The van der Waals surface area contributed by atoms with Crippen LogP contribution in [0.25, 0.3) is 10.2 Å². The van der Waals surface area contributed by atoms with Crippen molar-refractivity contribution in [3.63, 3.8) is 0 Å². The summed E-state index contributed by atoms with van der Waals surface area (Å²) in [6, 6.07) is 8.35. The van der Waals surface area contributed by atoms with Gasteiger partial charge >= 0.3 is 0 Å². The number of benzene rings is 1. The van der Waals surface area contributed by atoms with Gasteiger partial charge in [0.2, 0.25) is 5.28 Å². The summed E-state index contributed by atoms with van der Waals surface area (Å²) < 4.78 is 0. The van der Waals surface area contributed by atoms with Crippen LogP contribution in [0.3, 0.4) is 0 Å². The Labute approximate surface area is 154 Å². The van der Waals surface area contributed by atoms with Crippen LogP contribution in [0.5, 0.6) is 0 Å². The van der Waals surface area contributed by atoms with Gasteiger partial charge in [0.1, 0.15) is 10.6 Å². The van der Waals surface area contributed by atoms with Crippen LogP contribution in [0.1, 0.15) is 23.8 Å². The van der Waals surface area contributed by atoms with E-state index in [2.05, 4.69) is 52.7 Å². The van der Waals surface area contributed by atoms with E-state index in [9.17, 15) is 0 Å². The van der Waals surface area contributed by atoms with Gasteiger partial charge in [0.15, 0.2) is 0 Å². The first kappa shape index (κ1) is 16.2. The van der Waals surface area contributed by atoms with E-state index in [1.165, 1.54) is 21.8 Å². The highest BCUT2D eigenvalue weighted by atomic mass is 35.5. The molecule has 2 heterocycles. The smallest absolute Gasteiger partial charge is 0.225 e. The molecule has 0 saturated heterocycles. The van der Waals surface area contributed by atoms with Crippen LogP contribution in [0.4, 0.5) is 11.5 Å². The lowest BCUT2D eigenvalue weighted by Gasteiger charge is -2.18. The molecule has 6 heteroatoms. The van der Waals surface area contributed by atoms with E-state index in [0.29, 0.717) is 5.28 Å². The van der Waals surface area contributed by atoms with Crippen LogP contribution in [0, 0.1) is 5.92 Å². The predicted octanol–water partition coefficient (Wildman–Crippen LogP) is 5.94. The summed E-state index contributed by atoms with van der Waals surface area (Å²) in [4.78, 5) is 12.6. The average Bonchev–Trinajstić information content (AvgIpc) is 2.92. The Hall–Kier alpha value is -1.30. The minimum absolute atomic E-state index is 0.303. The maximum absolute atomic E-state index is 6.18. The molecule has 1 aromatic carbocycles. The van der Waals surface area contributed by atoms with Crippen molar-refractivity contribution in [2.24, 2.45) is 5.92 Å². The van der Waals surface area contributed by atoms with Crippen molar-refractivity contribution in [2.45, 2.75) is 31.1 Å². The molecule has 3 aromatic rings. The number of nitrogens with one attached hydrogen (secondary N) is 1. The molecule has 0 fully saturated rings. The molecule has 1 N–H and O–H groups in total. The molecular formula is C18H18ClN3S2. The zero-order chi connectivity index (χ0) is 16.7. The van der Waals surface area contributed by atoms with Gasteiger partial charge in [-0.1, -0.05) is 13.0 Å². The number of nitrogens with zero attached hydrogens (tertiary/aromatic N) is 2. The number of thiophene rings is 1. The van der Waals surface area contributed by atoms with Gasteiger partial charge < -0.3 is 5.32 Å². The molecule has 1 unspecified atom stereocenters. The number of fused-ring (bicyclic) bond motifs is 3. The lowest BCUT2D eigenvalue weighted by molar-refractivity contribution is 0.509. The van der Waals surface area contributed by atoms with Crippen LogP contribution < -0.4 is 5.32 Å². The number of aryl methyl sites for hydroxylation is 1. The Balaban J connectivity index is 1.82. The summed E-state index contributed by atoms with van der Waals surface area (Å²) >= 11 is 9.68. The second-order valence-corrected chi connectivity index (χ2v) is 8.53. The number of aromatic nitrogens is 2. The maximum Gasteiger partial charge on any atom is 0.225 e. The van der Waals surface area contributed by atoms with Gasteiger partial charge in [-0.3, -0.25) is 0 Å². The number of hydrogen-bond donors (Lipinski definition) is 1. The first-order valence-corrected chi connectivity index (χ1v) is 10.4. The molecule has 24 heavy (non-hydrogen) atoms. The molecule has 124 valence electrons. The van der Waals surface area contributed by atoms with Crippen molar-refractivity contribution in [1.82, 2.24) is 9.97 Å². The number of anilines is 2. The highest BCUT2D eigenvalue weighted by molar-refractivity contribution is 7.98. The second-order valence-electron chi connectivity index (χ2n) is 6.23. The van der Waals surface area contributed by atoms with Crippen molar-refractivity contribution in [3.05, 3.63) is 40.0 Å². The van der Waals surface area contributed by atoms with Crippen LogP contribution in [-0.2, 0) is 12.8 Å². The van der Waals surface area contributed by atoms with Gasteiger partial charge in [0.05, 0.1) is 5.39 Å². The Morgan fingerprint density at radius 3 is 3.04 bits per heavy atom. The van der Waals surface area contributed by atoms with E-state index in [1.807, 2.05) is 0 Å². The number of rotatable bonds is 3. The molecule has 1 aliphatic rings. The van der Waals surface area contributed by atoms with Crippen molar-refractivity contribution in [2.75, 3.05) is 11.6 Å². The van der Waals surface area contributed by atoms with Gasteiger partial charge in [-0.25, -0.2) is 4.98 Å². The Morgan fingerprint density at radius 1 is 1.33 bits per heavy atom.